The van der Waals surface area contributed by atoms with Crippen LogP contribution in [0.25, 0.3) is 21.9 Å². The van der Waals surface area contributed by atoms with Gasteiger partial charge in [0.25, 0.3) is 0 Å². The van der Waals surface area contributed by atoms with Gasteiger partial charge >= 0.3 is 6.11 Å². The van der Waals surface area contributed by atoms with Gasteiger partial charge in [-0.25, -0.2) is 35.1 Å². The molecule has 0 N–H and O–H groups in total. The van der Waals surface area contributed by atoms with E-state index in [-0.39, 0.29) is 16.9 Å². The van der Waals surface area contributed by atoms with E-state index < -0.39 is 85.9 Å². The number of methoxy groups -OCH3 is 1. The Morgan fingerprint density at radius 3 is 2.00 bits per heavy atom. The fourth-order valence-corrected chi connectivity index (χ4v) is 4.39. The molecular weight excluding hydrogens is 606 g/mol. The third kappa shape index (κ3) is 5.60. The Bertz CT molecular complexity index is 1990. The van der Waals surface area contributed by atoms with Gasteiger partial charge in [-0.1, -0.05) is 17.9 Å². The standard InChI is InChI=1S/C32H14F10O2/c1-43-27-4-2-3-21(33)20(27)7-5-15-9-24(36)29(25(37)10-15)32(41,42)44-18-6-8-19(22(34)14-18)16-11-17-13-26(38)30(39)31(40)28(17)23(35)12-16/h2-4,6,8-14H,1H3. The van der Waals surface area contributed by atoms with Gasteiger partial charge in [-0.3, -0.25) is 0 Å². The lowest BCUT2D eigenvalue weighted by Gasteiger charge is -2.20. The maximum absolute atomic E-state index is 14.9. The van der Waals surface area contributed by atoms with Gasteiger partial charge in [-0.15, -0.1) is 0 Å². The minimum absolute atomic E-state index is 0.0252. The Balaban J connectivity index is 1.43. The van der Waals surface area contributed by atoms with Crippen LogP contribution in [0.2, 0.25) is 0 Å². The Kier molecular flexibility index (Phi) is 7.90. The molecule has 44 heavy (non-hydrogen) atoms. The number of benzene rings is 5. The molecule has 224 valence electrons. The highest BCUT2D eigenvalue weighted by atomic mass is 19.3. The molecule has 0 aliphatic rings. The number of ether oxygens (including phenoxy) is 2. The van der Waals surface area contributed by atoms with Gasteiger partial charge in [0.15, 0.2) is 17.5 Å². The Morgan fingerprint density at radius 2 is 1.34 bits per heavy atom. The van der Waals surface area contributed by atoms with Crippen molar-refractivity contribution in [1.82, 2.24) is 0 Å². The normalized spacial score (nSPS) is 11.3. The third-order valence-electron chi connectivity index (χ3n) is 6.38. The lowest BCUT2D eigenvalue weighted by Crippen LogP contribution is -2.25. The molecular formula is C32H14F10O2. The number of fused-ring (bicyclic) bond motifs is 1. The summed E-state index contributed by atoms with van der Waals surface area (Å²) in [6.07, 6.45) is -4.68. The molecule has 12 heteroatoms. The van der Waals surface area contributed by atoms with Crippen LogP contribution in [0.4, 0.5) is 43.9 Å². The van der Waals surface area contributed by atoms with Crippen molar-refractivity contribution >= 4 is 10.8 Å². The fraction of sp³-hybridized carbons (Fsp3) is 0.0625. The zero-order chi connectivity index (χ0) is 31.9. The summed E-state index contributed by atoms with van der Waals surface area (Å²) >= 11 is 0. The second-order valence-corrected chi connectivity index (χ2v) is 9.19. The van der Waals surface area contributed by atoms with Crippen LogP contribution < -0.4 is 9.47 Å². The number of halogens is 10. The highest BCUT2D eigenvalue weighted by molar-refractivity contribution is 5.88. The summed E-state index contributed by atoms with van der Waals surface area (Å²) in [5, 5.41) is -1.34. The van der Waals surface area contributed by atoms with E-state index in [0.717, 1.165) is 24.3 Å². The minimum atomic E-state index is -4.68. The third-order valence-corrected chi connectivity index (χ3v) is 6.38. The second kappa shape index (κ2) is 11.5. The molecule has 5 aromatic rings. The van der Waals surface area contributed by atoms with E-state index in [1.165, 1.54) is 19.2 Å². The van der Waals surface area contributed by atoms with Crippen LogP contribution in [0.5, 0.6) is 11.5 Å². The van der Waals surface area contributed by atoms with Crippen LogP contribution in [0.3, 0.4) is 0 Å². The molecule has 5 rings (SSSR count). The number of hydrogen-bond acceptors (Lipinski definition) is 2. The molecule has 0 radical (unpaired) electrons. The smallest absolute Gasteiger partial charge is 0.432 e. The molecule has 0 saturated carbocycles. The van der Waals surface area contributed by atoms with Crippen molar-refractivity contribution in [2.45, 2.75) is 6.11 Å². The summed E-state index contributed by atoms with van der Waals surface area (Å²) in [4.78, 5) is 0. The lowest BCUT2D eigenvalue weighted by molar-refractivity contribution is -0.189. The van der Waals surface area contributed by atoms with E-state index in [1.807, 2.05) is 0 Å². The first-order valence-corrected chi connectivity index (χ1v) is 12.3. The predicted octanol–water partition coefficient (Wildman–Crippen LogP) is 9.16. The summed E-state index contributed by atoms with van der Waals surface area (Å²) in [6, 6.07) is 8.80. The molecule has 0 saturated heterocycles. The van der Waals surface area contributed by atoms with Crippen LogP contribution in [0.15, 0.2) is 66.7 Å². The Morgan fingerprint density at radius 1 is 0.636 bits per heavy atom. The van der Waals surface area contributed by atoms with Gasteiger partial charge in [0.05, 0.1) is 12.5 Å². The van der Waals surface area contributed by atoms with E-state index in [4.69, 9.17) is 4.74 Å². The molecule has 0 aliphatic carbocycles. The van der Waals surface area contributed by atoms with E-state index in [1.54, 1.807) is 0 Å². The molecule has 0 atom stereocenters. The first kappa shape index (κ1) is 30.3. The zero-order valence-corrected chi connectivity index (χ0v) is 21.9. The number of alkyl halides is 2. The minimum Gasteiger partial charge on any atom is -0.495 e. The van der Waals surface area contributed by atoms with Crippen molar-refractivity contribution in [2.75, 3.05) is 7.11 Å². The predicted molar refractivity (Wildman–Crippen MR) is 139 cm³/mol. The van der Waals surface area contributed by atoms with Crippen LogP contribution >= 0.6 is 0 Å². The maximum Gasteiger partial charge on any atom is 0.432 e. The van der Waals surface area contributed by atoms with Gasteiger partial charge in [-0.05, 0) is 65.5 Å². The average Bonchev–Trinajstić information content (AvgIpc) is 2.94. The summed E-state index contributed by atoms with van der Waals surface area (Å²) in [5.41, 5.74) is -3.22. The zero-order valence-electron chi connectivity index (χ0n) is 21.9. The molecule has 0 heterocycles. The second-order valence-electron chi connectivity index (χ2n) is 9.19. The first-order valence-electron chi connectivity index (χ1n) is 12.3. The molecule has 0 aliphatic heterocycles. The lowest BCUT2D eigenvalue weighted by atomic mass is 9.99. The Hall–Kier alpha value is -5.18. The average molecular weight is 620 g/mol. The molecule has 0 aromatic heterocycles. The molecule has 0 unspecified atom stereocenters. The van der Waals surface area contributed by atoms with Gasteiger partial charge in [0.1, 0.15) is 51.7 Å². The van der Waals surface area contributed by atoms with E-state index in [9.17, 15) is 43.9 Å². The van der Waals surface area contributed by atoms with Crippen molar-refractivity contribution in [3.63, 3.8) is 0 Å². The van der Waals surface area contributed by atoms with Gasteiger partial charge in [-0.2, -0.15) is 8.78 Å². The van der Waals surface area contributed by atoms with Gasteiger partial charge < -0.3 is 9.47 Å². The summed E-state index contributed by atoms with van der Waals surface area (Å²) in [6.45, 7) is 0. The molecule has 0 bridgehead atoms. The highest BCUT2D eigenvalue weighted by Crippen LogP contribution is 2.38. The largest absolute Gasteiger partial charge is 0.495 e. The number of hydrogen-bond donors (Lipinski definition) is 0. The molecule has 5 aromatic carbocycles. The molecule has 0 amide bonds. The van der Waals surface area contributed by atoms with Crippen molar-refractivity contribution < 1.29 is 53.4 Å². The fourth-order valence-electron chi connectivity index (χ4n) is 4.39. The van der Waals surface area contributed by atoms with Crippen LogP contribution in [0.1, 0.15) is 16.7 Å². The van der Waals surface area contributed by atoms with E-state index in [2.05, 4.69) is 16.6 Å². The highest BCUT2D eigenvalue weighted by Gasteiger charge is 2.41. The SMILES string of the molecule is COc1cccc(F)c1C#Cc1cc(F)c(C(F)(F)Oc2ccc(-c3cc(F)c4c(F)c(F)c(F)cc4c3)c(F)c2)c(F)c1. The first-order chi connectivity index (χ1) is 20.8. The van der Waals surface area contributed by atoms with Crippen molar-refractivity contribution in [2.24, 2.45) is 0 Å². The number of rotatable bonds is 5. The van der Waals surface area contributed by atoms with Crippen molar-refractivity contribution in [3.05, 3.63) is 130 Å². The monoisotopic (exact) mass is 620 g/mol. The molecule has 0 spiro atoms. The summed E-state index contributed by atoms with van der Waals surface area (Å²) in [5.74, 6) is -8.59. The van der Waals surface area contributed by atoms with Gasteiger partial charge in [0.2, 0.25) is 0 Å². The van der Waals surface area contributed by atoms with Crippen LogP contribution in [0, 0.1) is 58.4 Å². The van der Waals surface area contributed by atoms with Crippen LogP contribution in [-0.4, -0.2) is 7.11 Å². The van der Waals surface area contributed by atoms with Crippen molar-refractivity contribution in [3.8, 4) is 34.5 Å². The quantitative estimate of drug-likeness (QED) is 0.111. The topological polar surface area (TPSA) is 18.5 Å². The summed E-state index contributed by atoms with van der Waals surface area (Å²) < 4.78 is 153. The summed E-state index contributed by atoms with van der Waals surface area (Å²) in [7, 11) is 1.24. The maximum atomic E-state index is 14.9. The Labute approximate surface area is 242 Å². The van der Waals surface area contributed by atoms with E-state index in [0.29, 0.717) is 30.3 Å². The van der Waals surface area contributed by atoms with Crippen LogP contribution in [-0.2, 0) is 6.11 Å². The van der Waals surface area contributed by atoms with Crippen molar-refractivity contribution in [1.29, 1.82) is 0 Å². The molecule has 0 fully saturated rings. The van der Waals surface area contributed by atoms with Gasteiger partial charge in [0, 0.05) is 17.2 Å². The molecule has 2 nitrogen and oxygen atoms in total. The van der Waals surface area contributed by atoms with E-state index >= 15 is 0 Å².